The van der Waals surface area contributed by atoms with Crippen molar-refractivity contribution in [2.45, 2.75) is 18.6 Å². The summed E-state index contributed by atoms with van der Waals surface area (Å²) < 4.78 is 10.9. The Morgan fingerprint density at radius 2 is 1.84 bits per heavy atom. The fourth-order valence-corrected chi connectivity index (χ4v) is 4.35. The van der Waals surface area contributed by atoms with Gasteiger partial charge < -0.3 is 14.3 Å². The molecule has 6 heteroatoms. The minimum absolute atomic E-state index is 0.0269. The van der Waals surface area contributed by atoms with E-state index in [1.165, 1.54) is 0 Å². The predicted octanol–water partition coefficient (Wildman–Crippen LogP) is 4.50. The molecular formula is C25H25N3O3. The summed E-state index contributed by atoms with van der Waals surface area (Å²) in [5.41, 5.74) is 5.35. The van der Waals surface area contributed by atoms with Gasteiger partial charge in [-0.2, -0.15) is 5.10 Å². The van der Waals surface area contributed by atoms with E-state index in [9.17, 15) is 5.11 Å². The Balaban J connectivity index is 1.51. The molecule has 1 aliphatic heterocycles. The molecule has 2 atom stereocenters. The first kappa shape index (κ1) is 19.6. The van der Waals surface area contributed by atoms with Gasteiger partial charge >= 0.3 is 0 Å². The van der Waals surface area contributed by atoms with Gasteiger partial charge in [-0.25, -0.2) is 0 Å². The number of likely N-dealkylation sites (tertiary alicyclic amines) is 1. The van der Waals surface area contributed by atoms with Crippen LogP contribution < -0.4 is 4.74 Å². The van der Waals surface area contributed by atoms with Crippen LogP contribution in [-0.2, 0) is 0 Å². The topological polar surface area (TPSA) is 74.5 Å². The van der Waals surface area contributed by atoms with Gasteiger partial charge in [-0.15, -0.1) is 0 Å². The molecule has 0 radical (unpaired) electrons. The van der Waals surface area contributed by atoms with Crippen molar-refractivity contribution in [3.63, 3.8) is 0 Å². The second-order valence-electron chi connectivity index (χ2n) is 7.87. The van der Waals surface area contributed by atoms with E-state index in [4.69, 9.17) is 9.15 Å². The van der Waals surface area contributed by atoms with E-state index in [0.29, 0.717) is 6.54 Å². The van der Waals surface area contributed by atoms with Crippen molar-refractivity contribution < 1.29 is 14.3 Å². The van der Waals surface area contributed by atoms with Crippen molar-refractivity contribution in [2.75, 3.05) is 20.2 Å². The highest BCUT2D eigenvalue weighted by Gasteiger charge is 2.32. The number of aliphatic hydroxyl groups is 1. The van der Waals surface area contributed by atoms with Crippen molar-refractivity contribution in [1.29, 1.82) is 0 Å². The van der Waals surface area contributed by atoms with Gasteiger partial charge in [0.25, 0.3) is 0 Å². The SMILES string of the molecule is COc1ccc(-c2ccc(C(c3cn[nH]c3-c3ccco3)N3CCC(O)C3)cc2)cc1. The molecule has 2 aromatic heterocycles. The number of aromatic amines is 1. The standard InChI is InChI=1S/C25H25N3O3/c1-30-21-10-8-18(9-11-21)17-4-6-19(7-5-17)25(28-13-12-20(29)16-28)22-15-26-27-24(22)23-3-2-14-31-23/h2-11,14-15,20,25,29H,12-13,16H2,1H3,(H,26,27). The molecule has 0 aliphatic carbocycles. The number of H-pyrrole nitrogens is 1. The average Bonchev–Trinajstić information content (AvgIpc) is 3.57. The van der Waals surface area contributed by atoms with Crippen molar-refractivity contribution in [3.05, 3.63) is 84.3 Å². The summed E-state index contributed by atoms with van der Waals surface area (Å²) >= 11 is 0. The Bertz CT molecular complexity index is 1120. The number of methoxy groups -OCH3 is 1. The van der Waals surface area contributed by atoms with Gasteiger partial charge in [-0.1, -0.05) is 36.4 Å². The maximum Gasteiger partial charge on any atom is 0.151 e. The number of nitrogens with zero attached hydrogens (tertiary/aromatic N) is 2. The second-order valence-corrected chi connectivity index (χ2v) is 7.87. The lowest BCUT2D eigenvalue weighted by molar-refractivity contribution is 0.167. The number of nitrogens with one attached hydrogen (secondary N) is 1. The van der Waals surface area contributed by atoms with Gasteiger partial charge in [0.1, 0.15) is 11.4 Å². The number of aromatic nitrogens is 2. The highest BCUT2D eigenvalue weighted by atomic mass is 16.5. The third-order valence-electron chi connectivity index (χ3n) is 5.94. The normalized spacial score (nSPS) is 17.7. The fourth-order valence-electron chi connectivity index (χ4n) is 4.35. The van der Waals surface area contributed by atoms with Gasteiger partial charge in [-0.05, 0) is 47.4 Å². The number of hydrogen-bond donors (Lipinski definition) is 2. The van der Waals surface area contributed by atoms with Crippen LogP contribution in [-0.4, -0.2) is 46.5 Å². The molecule has 1 fully saturated rings. The van der Waals surface area contributed by atoms with E-state index >= 15 is 0 Å². The van der Waals surface area contributed by atoms with E-state index in [1.807, 2.05) is 30.5 Å². The lowest BCUT2D eigenvalue weighted by atomic mass is 9.94. The summed E-state index contributed by atoms with van der Waals surface area (Å²) in [4.78, 5) is 2.31. The summed E-state index contributed by atoms with van der Waals surface area (Å²) in [6, 6.07) is 20.4. The summed E-state index contributed by atoms with van der Waals surface area (Å²) in [6.45, 7) is 1.46. The first-order valence-corrected chi connectivity index (χ1v) is 10.5. The van der Waals surface area contributed by atoms with E-state index in [1.54, 1.807) is 13.4 Å². The summed E-state index contributed by atoms with van der Waals surface area (Å²) in [5.74, 6) is 1.60. The van der Waals surface area contributed by atoms with E-state index in [-0.39, 0.29) is 12.1 Å². The van der Waals surface area contributed by atoms with Crippen molar-refractivity contribution >= 4 is 0 Å². The first-order chi connectivity index (χ1) is 15.2. The lowest BCUT2D eigenvalue weighted by Gasteiger charge is -2.28. The minimum atomic E-state index is -0.306. The molecule has 5 rings (SSSR count). The third kappa shape index (κ3) is 3.87. The van der Waals surface area contributed by atoms with Crippen LogP contribution in [0.4, 0.5) is 0 Å². The molecule has 2 unspecified atom stereocenters. The predicted molar refractivity (Wildman–Crippen MR) is 119 cm³/mol. The molecule has 0 spiro atoms. The molecule has 6 nitrogen and oxygen atoms in total. The summed E-state index contributed by atoms with van der Waals surface area (Å²) in [7, 11) is 1.67. The van der Waals surface area contributed by atoms with Crippen LogP contribution in [0.5, 0.6) is 5.75 Å². The molecule has 1 saturated heterocycles. The summed E-state index contributed by atoms with van der Waals surface area (Å²) in [6.07, 6.45) is 4.00. The van der Waals surface area contributed by atoms with Crippen LogP contribution in [0.1, 0.15) is 23.6 Å². The minimum Gasteiger partial charge on any atom is -0.497 e. The number of rotatable bonds is 6. The van der Waals surface area contributed by atoms with E-state index < -0.39 is 0 Å². The molecule has 0 bridgehead atoms. The maximum atomic E-state index is 10.2. The highest BCUT2D eigenvalue weighted by molar-refractivity contribution is 5.65. The number of aliphatic hydroxyl groups excluding tert-OH is 1. The van der Waals surface area contributed by atoms with Gasteiger partial charge in [0.15, 0.2) is 5.76 Å². The van der Waals surface area contributed by atoms with E-state index in [2.05, 4.69) is 51.5 Å². The molecular weight excluding hydrogens is 390 g/mol. The highest BCUT2D eigenvalue weighted by Crippen LogP contribution is 2.37. The van der Waals surface area contributed by atoms with E-state index in [0.717, 1.165) is 52.4 Å². The smallest absolute Gasteiger partial charge is 0.151 e. The zero-order valence-corrected chi connectivity index (χ0v) is 17.4. The lowest BCUT2D eigenvalue weighted by Crippen LogP contribution is -2.28. The van der Waals surface area contributed by atoms with Gasteiger partial charge in [0.2, 0.25) is 0 Å². The van der Waals surface area contributed by atoms with Crippen LogP contribution >= 0.6 is 0 Å². The summed E-state index contributed by atoms with van der Waals surface area (Å²) in [5, 5.41) is 17.6. The average molecular weight is 415 g/mol. The number of ether oxygens (including phenoxy) is 1. The first-order valence-electron chi connectivity index (χ1n) is 10.5. The molecule has 31 heavy (non-hydrogen) atoms. The second kappa shape index (κ2) is 8.41. The molecule has 0 saturated carbocycles. The molecule has 2 aromatic carbocycles. The largest absolute Gasteiger partial charge is 0.497 e. The van der Waals surface area contributed by atoms with Crippen LogP contribution in [0.2, 0.25) is 0 Å². The maximum absolute atomic E-state index is 10.2. The van der Waals surface area contributed by atoms with Crippen molar-refractivity contribution in [3.8, 4) is 28.3 Å². The molecule has 4 aromatic rings. The van der Waals surface area contributed by atoms with Crippen molar-refractivity contribution in [1.82, 2.24) is 15.1 Å². The van der Waals surface area contributed by atoms with Gasteiger partial charge in [0.05, 0.1) is 31.7 Å². The van der Waals surface area contributed by atoms with Crippen LogP contribution in [0.25, 0.3) is 22.6 Å². The monoisotopic (exact) mass is 415 g/mol. The number of benzene rings is 2. The number of furan rings is 1. The molecule has 3 heterocycles. The quantitative estimate of drug-likeness (QED) is 0.485. The Morgan fingerprint density at radius 3 is 2.45 bits per heavy atom. The number of β-amino-alcohol motifs (C(OH)–C–C–N with tert-alkyl or cyclic N) is 1. The van der Waals surface area contributed by atoms with Crippen molar-refractivity contribution in [2.24, 2.45) is 0 Å². The fraction of sp³-hybridized carbons (Fsp3) is 0.240. The Labute approximate surface area is 181 Å². The van der Waals surface area contributed by atoms with Crippen LogP contribution in [0, 0.1) is 0 Å². The third-order valence-corrected chi connectivity index (χ3v) is 5.94. The number of hydrogen-bond acceptors (Lipinski definition) is 5. The molecule has 158 valence electrons. The van der Waals surface area contributed by atoms with Crippen LogP contribution in [0.15, 0.2) is 77.5 Å². The Morgan fingerprint density at radius 1 is 1.10 bits per heavy atom. The molecule has 2 N–H and O–H groups in total. The Kier molecular flexibility index (Phi) is 5.32. The van der Waals surface area contributed by atoms with Gasteiger partial charge in [-0.3, -0.25) is 10.00 Å². The van der Waals surface area contributed by atoms with Gasteiger partial charge in [0, 0.05) is 18.7 Å². The zero-order chi connectivity index (χ0) is 21.2. The zero-order valence-electron chi connectivity index (χ0n) is 17.4. The van der Waals surface area contributed by atoms with Crippen LogP contribution in [0.3, 0.4) is 0 Å². The molecule has 0 amide bonds. The molecule has 1 aliphatic rings. The Hall–Kier alpha value is -3.35.